The number of thiazole rings is 1. The van der Waals surface area contributed by atoms with Gasteiger partial charge in [0.05, 0.1) is 5.69 Å². The third-order valence-electron chi connectivity index (χ3n) is 3.88. The maximum absolute atomic E-state index is 5.78. The van der Waals surface area contributed by atoms with Crippen molar-refractivity contribution in [2.24, 2.45) is 0 Å². The molecule has 1 saturated heterocycles. The SMILES string of the molecule is ClNCC1(c2nc(-c3ccccc3)cs2)CCOCC1. The van der Waals surface area contributed by atoms with Crippen molar-refractivity contribution in [1.82, 2.24) is 9.82 Å². The summed E-state index contributed by atoms with van der Waals surface area (Å²) in [6, 6.07) is 10.3. The molecular weight excluding hydrogens is 292 g/mol. The second-order valence-corrected chi connectivity index (χ2v) is 6.23. The molecule has 1 aliphatic heterocycles. The normalized spacial score (nSPS) is 18.1. The van der Waals surface area contributed by atoms with Gasteiger partial charge in [-0.05, 0) is 24.6 Å². The molecule has 1 aromatic heterocycles. The molecule has 1 aliphatic rings. The fraction of sp³-hybridized carbons (Fsp3) is 0.400. The zero-order chi connectivity index (χ0) is 13.8. The predicted octanol–water partition coefficient (Wildman–Crippen LogP) is 3.60. The molecule has 0 unspecified atom stereocenters. The van der Waals surface area contributed by atoms with E-state index >= 15 is 0 Å². The number of benzene rings is 1. The summed E-state index contributed by atoms with van der Waals surface area (Å²) in [5.41, 5.74) is 2.22. The van der Waals surface area contributed by atoms with Crippen LogP contribution in [-0.4, -0.2) is 24.7 Å². The van der Waals surface area contributed by atoms with Gasteiger partial charge in [0.15, 0.2) is 0 Å². The Morgan fingerprint density at radius 2 is 2.00 bits per heavy atom. The molecule has 0 bridgehead atoms. The standard InChI is InChI=1S/C15H17ClN2OS/c16-17-11-15(6-8-19-9-7-15)14-18-13(10-20-14)12-4-2-1-3-5-12/h1-5,10,17H,6-9,11H2. The second kappa shape index (κ2) is 6.22. The average Bonchev–Trinajstić information content (AvgIpc) is 3.00. The topological polar surface area (TPSA) is 34.2 Å². The molecule has 1 aromatic carbocycles. The van der Waals surface area contributed by atoms with Crippen LogP contribution in [0.4, 0.5) is 0 Å². The van der Waals surface area contributed by atoms with Crippen molar-refractivity contribution in [1.29, 1.82) is 0 Å². The van der Waals surface area contributed by atoms with Crippen LogP contribution in [0.3, 0.4) is 0 Å². The van der Waals surface area contributed by atoms with Crippen molar-refractivity contribution in [2.45, 2.75) is 18.3 Å². The van der Waals surface area contributed by atoms with Crippen LogP contribution in [0.1, 0.15) is 17.8 Å². The number of halogens is 1. The third-order valence-corrected chi connectivity index (χ3v) is 5.10. The van der Waals surface area contributed by atoms with Crippen molar-refractivity contribution in [3.8, 4) is 11.3 Å². The molecule has 2 aromatic rings. The molecule has 1 fully saturated rings. The Kier molecular flexibility index (Phi) is 4.36. The van der Waals surface area contributed by atoms with Crippen molar-refractivity contribution < 1.29 is 4.74 Å². The number of hydrogen-bond donors (Lipinski definition) is 1. The van der Waals surface area contributed by atoms with Crippen LogP contribution in [-0.2, 0) is 10.2 Å². The number of rotatable bonds is 4. The lowest BCUT2D eigenvalue weighted by Crippen LogP contribution is -2.40. The molecule has 0 atom stereocenters. The minimum Gasteiger partial charge on any atom is -0.381 e. The Labute approximate surface area is 128 Å². The van der Waals surface area contributed by atoms with Gasteiger partial charge in [0.25, 0.3) is 0 Å². The number of nitrogens with zero attached hydrogens (tertiary/aromatic N) is 1. The molecule has 2 heterocycles. The highest BCUT2D eigenvalue weighted by Crippen LogP contribution is 2.37. The number of nitrogens with one attached hydrogen (secondary N) is 1. The molecule has 20 heavy (non-hydrogen) atoms. The third kappa shape index (κ3) is 2.74. The molecule has 3 rings (SSSR count). The maximum Gasteiger partial charge on any atom is 0.101 e. The molecular formula is C15H17ClN2OS. The molecule has 0 spiro atoms. The summed E-state index contributed by atoms with van der Waals surface area (Å²) in [6.45, 7) is 2.29. The van der Waals surface area contributed by atoms with Crippen LogP contribution >= 0.6 is 23.1 Å². The molecule has 5 heteroatoms. The van der Waals surface area contributed by atoms with Gasteiger partial charge in [-0.15, -0.1) is 11.3 Å². The van der Waals surface area contributed by atoms with Gasteiger partial charge in [-0.25, -0.2) is 9.82 Å². The smallest absolute Gasteiger partial charge is 0.101 e. The van der Waals surface area contributed by atoms with Crippen molar-refractivity contribution in [3.05, 3.63) is 40.7 Å². The molecule has 0 amide bonds. The Hall–Kier alpha value is -0.940. The molecule has 0 aliphatic carbocycles. The number of aromatic nitrogens is 1. The highest BCUT2D eigenvalue weighted by atomic mass is 35.5. The largest absolute Gasteiger partial charge is 0.381 e. The lowest BCUT2D eigenvalue weighted by atomic mass is 9.81. The molecule has 1 N–H and O–H groups in total. The van der Waals surface area contributed by atoms with E-state index in [1.54, 1.807) is 11.3 Å². The zero-order valence-corrected chi connectivity index (χ0v) is 12.7. The highest BCUT2D eigenvalue weighted by molar-refractivity contribution is 7.10. The molecule has 106 valence electrons. The van der Waals surface area contributed by atoms with Crippen molar-refractivity contribution >= 4 is 23.1 Å². The summed E-state index contributed by atoms with van der Waals surface area (Å²) in [5, 5.41) is 3.30. The minimum absolute atomic E-state index is 0.0116. The van der Waals surface area contributed by atoms with E-state index < -0.39 is 0 Å². The van der Waals surface area contributed by atoms with Gasteiger partial charge in [0.1, 0.15) is 5.01 Å². The van der Waals surface area contributed by atoms with Gasteiger partial charge in [-0.3, -0.25) is 0 Å². The van der Waals surface area contributed by atoms with Crippen molar-refractivity contribution in [2.75, 3.05) is 19.8 Å². The minimum atomic E-state index is 0.0116. The van der Waals surface area contributed by atoms with Crippen LogP contribution in [0.25, 0.3) is 11.3 Å². The van der Waals surface area contributed by atoms with Crippen LogP contribution in [0.15, 0.2) is 35.7 Å². The first kappa shape index (κ1) is 14.0. The average molecular weight is 309 g/mol. The van der Waals surface area contributed by atoms with Gasteiger partial charge in [0.2, 0.25) is 0 Å². The predicted molar refractivity (Wildman–Crippen MR) is 83.1 cm³/mol. The summed E-state index contributed by atoms with van der Waals surface area (Å²) in [6.07, 6.45) is 1.93. The number of hydrogen-bond acceptors (Lipinski definition) is 4. The first-order chi connectivity index (χ1) is 9.84. The summed E-state index contributed by atoms with van der Waals surface area (Å²) in [4.78, 5) is 7.67. The van der Waals surface area contributed by atoms with E-state index in [2.05, 4.69) is 22.3 Å². The van der Waals surface area contributed by atoms with Crippen molar-refractivity contribution in [3.63, 3.8) is 0 Å². The van der Waals surface area contributed by atoms with E-state index in [1.807, 2.05) is 18.2 Å². The van der Waals surface area contributed by atoms with Crippen LogP contribution < -0.4 is 4.84 Å². The Morgan fingerprint density at radius 3 is 2.70 bits per heavy atom. The Balaban J connectivity index is 1.91. The summed E-state index contributed by atoms with van der Waals surface area (Å²) < 4.78 is 5.49. The van der Waals surface area contributed by atoms with Gasteiger partial charge in [-0.2, -0.15) is 0 Å². The van der Waals surface area contributed by atoms with Crippen LogP contribution in [0, 0.1) is 0 Å². The fourth-order valence-corrected chi connectivity index (χ4v) is 3.96. The van der Waals surface area contributed by atoms with Gasteiger partial charge >= 0.3 is 0 Å². The van der Waals surface area contributed by atoms with Crippen LogP contribution in [0.5, 0.6) is 0 Å². The first-order valence-corrected chi connectivity index (χ1v) is 8.02. The zero-order valence-electron chi connectivity index (χ0n) is 11.1. The quantitative estimate of drug-likeness (QED) is 0.876. The van der Waals surface area contributed by atoms with Gasteiger partial charge in [-0.1, -0.05) is 30.3 Å². The maximum atomic E-state index is 5.78. The molecule has 0 saturated carbocycles. The highest BCUT2D eigenvalue weighted by Gasteiger charge is 2.37. The van der Waals surface area contributed by atoms with Gasteiger partial charge in [0, 0.05) is 36.1 Å². The monoisotopic (exact) mass is 308 g/mol. The molecule has 3 nitrogen and oxygen atoms in total. The number of ether oxygens (including phenoxy) is 1. The summed E-state index contributed by atoms with van der Waals surface area (Å²) >= 11 is 7.51. The van der Waals surface area contributed by atoms with E-state index in [-0.39, 0.29) is 5.41 Å². The summed E-state index contributed by atoms with van der Waals surface area (Å²) in [5.74, 6) is 0. The second-order valence-electron chi connectivity index (χ2n) is 5.11. The van der Waals surface area contributed by atoms with Gasteiger partial charge < -0.3 is 4.74 Å². The fourth-order valence-electron chi connectivity index (χ4n) is 2.62. The first-order valence-electron chi connectivity index (χ1n) is 6.77. The van der Waals surface area contributed by atoms with E-state index in [0.29, 0.717) is 0 Å². The van der Waals surface area contributed by atoms with E-state index in [0.717, 1.165) is 48.9 Å². The van der Waals surface area contributed by atoms with E-state index in [4.69, 9.17) is 21.5 Å². The Bertz CT molecular complexity index is 547. The van der Waals surface area contributed by atoms with E-state index in [9.17, 15) is 0 Å². The lowest BCUT2D eigenvalue weighted by Gasteiger charge is -2.34. The lowest BCUT2D eigenvalue weighted by molar-refractivity contribution is 0.0517. The summed E-state index contributed by atoms with van der Waals surface area (Å²) in [7, 11) is 0. The Morgan fingerprint density at radius 1 is 1.25 bits per heavy atom. The molecule has 0 radical (unpaired) electrons. The van der Waals surface area contributed by atoms with E-state index in [1.165, 1.54) is 0 Å². The van der Waals surface area contributed by atoms with Crippen LogP contribution in [0.2, 0.25) is 0 Å².